The van der Waals surface area contributed by atoms with E-state index >= 15 is 0 Å². The SMILES string of the molecule is CCNCCCCCCOC1CCOCC1. The minimum Gasteiger partial charge on any atom is -0.381 e. The molecule has 0 spiro atoms. The Morgan fingerprint density at radius 2 is 1.88 bits per heavy atom. The van der Waals surface area contributed by atoms with Crippen LogP contribution in [0.15, 0.2) is 0 Å². The minimum absolute atomic E-state index is 0.468. The van der Waals surface area contributed by atoms with Gasteiger partial charge >= 0.3 is 0 Å². The molecule has 0 bridgehead atoms. The van der Waals surface area contributed by atoms with Gasteiger partial charge in [0.1, 0.15) is 0 Å². The van der Waals surface area contributed by atoms with Crippen LogP contribution in [-0.4, -0.2) is 39.0 Å². The van der Waals surface area contributed by atoms with Gasteiger partial charge < -0.3 is 14.8 Å². The van der Waals surface area contributed by atoms with Crippen molar-refractivity contribution in [3.63, 3.8) is 0 Å². The van der Waals surface area contributed by atoms with Crippen LogP contribution in [0.4, 0.5) is 0 Å². The van der Waals surface area contributed by atoms with Crippen LogP contribution in [0.1, 0.15) is 45.4 Å². The Kier molecular flexibility index (Phi) is 8.77. The maximum atomic E-state index is 5.82. The van der Waals surface area contributed by atoms with Crippen LogP contribution in [0.5, 0.6) is 0 Å². The number of hydrogen-bond donors (Lipinski definition) is 1. The number of hydrogen-bond acceptors (Lipinski definition) is 3. The zero-order valence-electron chi connectivity index (χ0n) is 10.7. The molecule has 3 nitrogen and oxygen atoms in total. The lowest BCUT2D eigenvalue weighted by molar-refractivity contribution is -0.0327. The molecule has 0 aromatic carbocycles. The van der Waals surface area contributed by atoms with Gasteiger partial charge in [-0.05, 0) is 38.8 Å². The number of nitrogens with one attached hydrogen (secondary N) is 1. The average Bonchev–Trinajstić information content (AvgIpc) is 2.34. The third-order valence-corrected chi connectivity index (χ3v) is 3.02. The van der Waals surface area contributed by atoms with Crippen LogP contribution in [-0.2, 0) is 9.47 Å². The highest BCUT2D eigenvalue weighted by molar-refractivity contribution is 4.62. The molecule has 1 N–H and O–H groups in total. The van der Waals surface area contributed by atoms with Crippen LogP contribution in [0.3, 0.4) is 0 Å². The third kappa shape index (κ3) is 7.20. The highest BCUT2D eigenvalue weighted by Gasteiger charge is 2.13. The summed E-state index contributed by atoms with van der Waals surface area (Å²) in [4.78, 5) is 0. The lowest BCUT2D eigenvalue weighted by atomic mass is 10.1. The summed E-state index contributed by atoms with van der Waals surface area (Å²) in [6.07, 6.45) is 7.77. The first-order valence-corrected chi connectivity index (χ1v) is 6.83. The molecule has 1 rings (SSSR count). The van der Waals surface area contributed by atoms with Gasteiger partial charge in [0.2, 0.25) is 0 Å². The number of unbranched alkanes of at least 4 members (excludes halogenated alkanes) is 3. The molecule has 0 amide bonds. The van der Waals surface area contributed by atoms with Crippen molar-refractivity contribution in [2.24, 2.45) is 0 Å². The fourth-order valence-corrected chi connectivity index (χ4v) is 1.98. The maximum absolute atomic E-state index is 5.82. The van der Waals surface area contributed by atoms with Crippen LogP contribution < -0.4 is 5.32 Å². The summed E-state index contributed by atoms with van der Waals surface area (Å²) in [5, 5.41) is 3.35. The van der Waals surface area contributed by atoms with Crippen LogP contribution in [0, 0.1) is 0 Å². The normalized spacial score (nSPS) is 17.8. The van der Waals surface area contributed by atoms with Gasteiger partial charge in [0, 0.05) is 19.8 Å². The maximum Gasteiger partial charge on any atom is 0.0619 e. The van der Waals surface area contributed by atoms with Gasteiger partial charge in [-0.3, -0.25) is 0 Å². The smallest absolute Gasteiger partial charge is 0.0619 e. The van der Waals surface area contributed by atoms with Crippen molar-refractivity contribution in [2.75, 3.05) is 32.9 Å². The van der Waals surface area contributed by atoms with Crippen molar-refractivity contribution in [2.45, 2.75) is 51.6 Å². The van der Waals surface area contributed by atoms with Crippen molar-refractivity contribution in [3.05, 3.63) is 0 Å². The fraction of sp³-hybridized carbons (Fsp3) is 1.00. The molecule has 0 unspecified atom stereocenters. The second kappa shape index (κ2) is 10.1. The Morgan fingerprint density at radius 3 is 2.62 bits per heavy atom. The summed E-state index contributed by atoms with van der Waals surface area (Å²) in [6.45, 7) is 7.11. The van der Waals surface area contributed by atoms with E-state index in [1.54, 1.807) is 0 Å². The van der Waals surface area contributed by atoms with Gasteiger partial charge in [-0.25, -0.2) is 0 Å². The molecule has 1 fully saturated rings. The first kappa shape index (κ1) is 13.9. The zero-order valence-corrected chi connectivity index (χ0v) is 10.7. The molecule has 0 atom stereocenters. The van der Waals surface area contributed by atoms with Gasteiger partial charge in [0.25, 0.3) is 0 Å². The summed E-state index contributed by atoms with van der Waals surface area (Å²) < 4.78 is 11.1. The molecule has 0 aliphatic carbocycles. The van der Waals surface area contributed by atoms with Crippen LogP contribution >= 0.6 is 0 Å². The quantitative estimate of drug-likeness (QED) is 0.616. The van der Waals surface area contributed by atoms with Crippen molar-refractivity contribution in [3.8, 4) is 0 Å². The molecule has 96 valence electrons. The van der Waals surface area contributed by atoms with E-state index in [2.05, 4.69) is 12.2 Å². The summed E-state index contributed by atoms with van der Waals surface area (Å²) in [7, 11) is 0. The van der Waals surface area contributed by atoms with E-state index in [1.165, 1.54) is 25.7 Å². The van der Waals surface area contributed by atoms with E-state index in [4.69, 9.17) is 9.47 Å². The van der Waals surface area contributed by atoms with Gasteiger partial charge in [0.05, 0.1) is 6.10 Å². The topological polar surface area (TPSA) is 30.5 Å². The fourth-order valence-electron chi connectivity index (χ4n) is 1.98. The molecular formula is C13H27NO2. The molecule has 3 heteroatoms. The van der Waals surface area contributed by atoms with Crippen molar-refractivity contribution in [1.82, 2.24) is 5.32 Å². The van der Waals surface area contributed by atoms with Gasteiger partial charge in [-0.1, -0.05) is 19.8 Å². The van der Waals surface area contributed by atoms with Gasteiger partial charge in [-0.15, -0.1) is 0 Å². The van der Waals surface area contributed by atoms with Crippen LogP contribution in [0.2, 0.25) is 0 Å². The summed E-state index contributed by atoms with van der Waals surface area (Å²) in [6, 6.07) is 0. The molecule has 0 radical (unpaired) electrons. The van der Waals surface area contributed by atoms with Gasteiger partial charge in [-0.2, -0.15) is 0 Å². The lowest BCUT2D eigenvalue weighted by Crippen LogP contribution is -2.23. The Bertz CT molecular complexity index is 147. The monoisotopic (exact) mass is 229 g/mol. The summed E-state index contributed by atoms with van der Waals surface area (Å²) in [5.41, 5.74) is 0. The highest BCUT2D eigenvalue weighted by Crippen LogP contribution is 2.11. The Labute approximate surface area is 99.9 Å². The first-order valence-electron chi connectivity index (χ1n) is 6.83. The summed E-state index contributed by atoms with van der Waals surface area (Å²) in [5.74, 6) is 0. The molecule has 1 heterocycles. The number of ether oxygens (including phenoxy) is 2. The molecule has 0 saturated carbocycles. The van der Waals surface area contributed by atoms with E-state index in [1.807, 2.05) is 0 Å². The molecule has 0 aromatic heterocycles. The zero-order chi connectivity index (χ0) is 11.5. The third-order valence-electron chi connectivity index (χ3n) is 3.02. The van der Waals surface area contributed by atoms with E-state index in [9.17, 15) is 0 Å². The predicted octanol–water partition coefficient (Wildman–Crippen LogP) is 2.35. The van der Waals surface area contributed by atoms with Crippen molar-refractivity contribution in [1.29, 1.82) is 0 Å². The van der Waals surface area contributed by atoms with Gasteiger partial charge in [0.15, 0.2) is 0 Å². The Hall–Kier alpha value is -0.120. The summed E-state index contributed by atoms with van der Waals surface area (Å²) >= 11 is 0. The second-order valence-electron chi connectivity index (χ2n) is 4.45. The molecule has 1 aliphatic heterocycles. The van der Waals surface area contributed by atoms with E-state index in [0.717, 1.165) is 45.8 Å². The highest BCUT2D eigenvalue weighted by atomic mass is 16.5. The molecular weight excluding hydrogens is 202 g/mol. The minimum atomic E-state index is 0.468. The average molecular weight is 229 g/mol. The Morgan fingerprint density at radius 1 is 1.12 bits per heavy atom. The molecule has 16 heavy (non-hydrogen) atoms. The second-order valence-corrected chi connectivity index (χ2v) is 4.45. The van der Waals surface area contributed by atoms with E-state index in [0.29, 0.717) is 6.10 Å². The number of rotatable bonds is 9. The molecule has 1 saturated heterocycles. The standard InChI is InChI=1S/C13H27NO2/c1-2-14-9-5-3-4-6-10-16-13-7-11-15-12-8-13/h13-14H,2-12H2,1H3. The largest absolute Gasteiger partial charge is 0.381 e. The Balaban J connectivity index is 1.77. The van der Waals surface area contributed by atoms with E-state index in [-0.39, 0.29) is 0 Å². The van der Waals surface area contributed by atoms with E-state index < -0.39 is 0 Å². The van der Waals surface area contributed by atoms with Crippen molar-refractivity contribution >= 4 is 0 Å². The van der Waals surface area contributed by atoms with Crippen molar-refractivity contribution < 1.29 is 9.47 Å². The molecule has 1 aliphatic rings. The molecule has 0 aromatic rings. The lowest BCUT2D eigenvalue weighted by Gasteiger charge is -2.22. The van der Waals surface area contributed by atoms with Crippen LogP contribution in [0.25, 0.3) is 0 Å². The first-order chi connectivity index (χ1) is 7.93. The predicted molar refractivity (Wildman–Crippen MR) is 66.8 cm³/mol.